The van der Waals surface area contributed by atoms with E-state index in [4.69, 9.17) is 0 Å². The van der Waals surface area contributed by atoms with Gasteiger partial charge in [0.25, 0.3) is 0 Å². The highest BCUT2D eigenvalue weighted by Crippen LogP contribution is 1.98. The van der Waals surface area contributed by atoms with Gasteiger partial charge in [0, 0.05) is 6.42 Å². The Labute approximate surface area is 79.0 Å². The van der Waals surface area contributed by atoms with E-state index in [0.29, 0.717) is 0 Å². The summed E-state index contributed by atoms with van der Waals surface area (Å²) >= 11 is 0. The zero-order valence-electron chi connectivity index (χ0n) is 9.02. The maximum absolute atomic E-state index is 2.25. The SMILES string of the molecule is C.C[N+](C)(C)CCC[N+](C)(C)C. The number of nitrogens with zero attached hydrogens (tertiary/aromatic N) is 2. The Kier molecular flexibility index (Phi) is 5.81. The first-order valence-corrected chi connectivity index (χ1v) is 4.32. The van der Waals surface area contributed by atoms with Crippen molar-refractivity contribution in [2.24, 2.45) is 0 Å². The lowest BCUT2D eigenvalue weighted by Gasteiger charge is -2.28. The average Bonchev–Trinajstić information content (AvgIpc) is 1.55. The Morgan fingerprint density at radius 2 is 0.917 bits per heavy atom. The highest BCUT2D eigenvalue weighted by atomic mass is 15.3. The highest BCUT2D eigenvalue weighted by Gasteiger charge is 2.11. The molecule has 0 aromatic rings. The summed E-state index contributed by atoms with van der Waals surface area (Å²) < 4.78 is 2.17. The molecule has 76 valence electrons. The first-order chi connectivity index (χ1) is 4.71. The molecule has 0 heterocycles. The molecule has 0 rings (SSSR count). The van der Waals surface area contributed by atoms with Crippen LogP contribution in [0.15, 0.2) is 0 Å². The van der Waals surface area contributed by atoms with E-state index in [1.54, 1.807) is 0 Å². The van der Waals surface area contributed by atoms with Crippen LogP contribution < -0.4 is 0 Å². The van der Waals surface area contributed by atoms with Gasteiger partial charge in [0.2, 0.25) is 0 Å². The molecule has 0 amide bonds. The molecule has 0 unspecified atom stereocenters. The summed E-state index contributed by atoms with van der Waals surface area (Å²) in [6.07, 6.45) is 1.31. The van der Waals surface area contributed by atoms with Gasteiger partial charge in [-0.3, -0.25) is 0 Å². The number of hydrogen-bond donors (Lipinski definition) is 0. The van der Waals surface area contributed by atoms with Gasteiger partial charge < -0.3 is 8.97 Å². The van der Waals surface area contributed by atoms with Crippen molar-refractivity contribution in [1.82, 2.24) is 0 Å². The van der Waals surface area contributed by atoms with Crippen molar-refractivity contribution in [1.29, 1.82) is 0 Å². The van der Waals surface area contributed by atoms with Crippen molar-refractivity contribution >= 4 is 0 Å². The summed E-state index contributed by atoms with van der Waals surface area (Å²) in [4.78, 5) is 0. The number of quaternary nitrogens is 2. The summed E-state index contributed by atoms with van der Waals surface area (Å²) in [7, 11) is 13.5. The third-order valence-corrected chi connectivity index (χ3v) is 1.66. The predicted octanol–water partition coefficient (Wildman–Crippen LogP) is 1.42. The fourth-order valence-corrected chi connectivity index (χ4v) is 1.02. The molecule has 12 heavy (non-hydrogen) atoms. The van der Waals surface area contributed by atoms with Gasteiger partial charge in [0.1, 0.15) is 0 Å². The first-order valence-electron chi connectivity index (χ1n) is 4.32. The summed E-state index contributed by atoms with van der Waals surface area (Å²) in [6.45, 7) is 2.55. The van der Waals surface area contributed by atoms with Crippen LogP contribution in [0, 0.1) is 0 Å². The van der Waals surface area contributed by atoms with Crippen LogP contribution in [0.25, 0.3) is 0 Å². The molecule has 2 nitrogen and oxygen atoms in total. The summed E-state index contributed by atoms with van der Waals surface area (Å²) in [6, 6.07) is 0. The second-order valence-electron chi connectivity index (χ2n) is 5.38. The van der Waals surface area contributed by atoms with Crippen molar-refractivity contribution in [2.75, 3.05) is 55.4 Å². The van der Waals surface area contributed by atoms with Crippen LogP contribution in [0.2, 0.25) is 0 Å². The minimum Gasteiger partial charge on any atom is -0.331 e. The molecule has 0 radical (unpaired) electrons. The minimum absolute atomic E-state index is 0. The van der Waals surface area contributed by atoms with Gasteiger partial charge in [0.05, 0.1) is 55.4 Å². The van der Waals surface area contributed by atoms with Gasteiger partial charge in [-0.15, -0.1) is 0 Å². The largest absolute Gasteiger partial charge is 0.331 e. The fraction of sp³-hybridized carbons (Fsp3) is 1.00. The molecule has 2 heteroatoms. The van der Waals surface area contributed by atoms with Crippen molar-refractivity contribution in [3.8, 4) is 0 Å². The van der Waals surface area contributed by atoms with E-state index in [1.807, 2.05) is 0 Å². The van der Waals surface area contributed by atoms with Crippen LogP contribution in [0.3, 0.4) is 0 Å². The normalized spacial score (nSPS) is 12.5. The van der Waals surface area contributed by atoms with E-state index in [2.05, 4.69) is 42.3 Å². The van der Waals surface area contributed by atoms with E-state index < -0.39 is 0 Å². The fourth-order valence-electron chi connectivity index (χ4n) is 1.02. The van der Waals surface area contributed by atoms with Crippen molar-refractivity contribution < 1.29 is 8.97 Å². The molecule has 0 aliphatic heterocycles. The standard InChI is InChI=1S/C9H24N2.CH4/c1-10(2,3)8-7-9-11(4,5)6;/h7-9H2,1-6H3;1H4/q+2;. The van der Waals surface area contributed by atoms with Gasteiger partial charge in [-0.05, 0) is 0 Å². The van der Waals surface area contributed by atoms with Gasteiger partial charge in [-0.1, -0.05) is 7.43 Å². The third-order valence-electron chi connectivity index (χ3n) is 1.66. The van der Waals surface area contributed by atoms with Gasteiger partial charge >= 0.3 is 0 Å². The number of rotatable bonds is 4. The first kappa shape index (κ1) is 14.4. The summed E-state index contributed by atoms with van der Waals surface area (Å²) in [5, 5.41) is 0. The number of hydrogen-bond acceptors (Lipinski definition) is 0. The minimum atomic E-state index is 0. The van der Waals surface area contributed by atoms with E-state index in [9.17, 15) is 0 Å². The lowest BCUT2D eigenvalue weighted by molar-refractivity contribution is -0.890. The molecule has 0 aromatic heterocycles. The molecule has 0 fully saturated rings. The van der Waals surface area contributed by atoms with Crippen LogP contribution in [0.5, 0.6) is 0 Å². The monoisotopic (exact) mass is 176 g/mol. The Balaban J connectivity index is 0. The Morgan fingerprint density at radius 1 is 0.667 bits per heavy atom. The Bertz CT molecular complexity index is 92.0. The maximum atomic E-state index is 2.25. The summed E-state index contributed by atoms with van der Waals surface area (Å²) in [5.74, 6) is 0. The molecule has 0 aliphatic carbocycles. The average molecular weight is 176 g/mol. The second-order valence-corrected chi connectivity index (χ2v) is 5.38. The zero-order valence-corrected chi connectivity index (χ0v) is 9.02. The summed E-state index contributed by atoms with van der Waals surface area (Å²) in [5.41, 5.74) is 0. The molecular formula is C10H28N2+2. The second kappa shape index (κ2) is 4.83. The van der Waals surface area contributed by atoms with Gasteiger partial charge in [0.15, 0.2) is 0 Å². The zero-order chi connectivity index (χ0) is 9.12. The highest BCUT2D eigenvalue weighted by molar-refractivity contribution is 4.33. The molecule has 0 atom stereocenters. The molecular weight excluding hydrogens is 148 g/mol. The van der Waals surface area contributed by atoms with Crippen LogP contribution in [0.4, 0.5) is 0 Å². The van der Waals surface area contributed by atoms with E-state index >= 15 is 0 Å². The van der Waals surface area contributed by atoms with E-state index in [0.717, 1.165) is 8.97 Å². The van der Waals surface area contributed by atoms with Crippen molar-refractivity contribution in [2.45, 2.75) is 13.8 Å². The molecule has 0 aromatic carbocycles. The third kappa shape index (κ3) is 12.6. The van der Waals surface area contributed by atoms with E-state index in [-0.39, 0.29) is 7.43 Å². The van der Waals surface area contributed by atoms with Crippen LogP contribution in [0.1, 0.15) is 13.8 Å². The maximum Gasteiger partial charge on any atom is 0.0834 e. The lowest BCUT2D eigenvalue weighted by Crippen LogP contribution is -2.40. The predicted molar refractivity (Wildman–Crippen MR) is 57.1 cm³/mol. The molecule has 0 bridgehead atoms. The van der Waals surface area contributed by atoms with Crippen molar-refractivity contribution in [3.05, 3.63) is 0 Å². The smallest absolute Gasteiger partial charge is 0.0834 e. The molecule has 0 saturated heterocycles. The Hall–Kier alpha value is -0.0800. The van der Waals surface area contributed by atoms with Crippen molar-refractivity contribution in [3.63, 3.8) is 0 Å². The van der Waals surface area contributed by atoms with E-state index in [1.165, 1.54) is 19.5 Å². The Morgan fingerprint density at radius 3 is 1.08 bits per heavy atom. The molecule has 0 aliphatic rings. The van der Waals surface area contributed by atoms with Gasteiger partial charge in [-0.25, -0.2) is 0 Å². The quantitative estimate of drug-likeness (QED) is 0.568. The molecule has 0 N–H and O–H groups in total. The lowest BCUT2D eigenvalue weighted by atomic mass is 10.3. The molecule has 0 spiro atoms. The topological polar surface area (TPSA) is 0 Å². The van der Waals surface area contributed by atoms with Crippen LogP contribution in [-0.4, -0.2) is 64.3 Å². The van der Waals surface area contributed by atoms with Crippen LogP contribution in [-0.2, 0) is 0 Å². The van der Waals surface area contributed by atoms with Gasteiger partial charge in [-0.2, -0.15) is 0 Å². The molecule has 0 saturated carbocycles. The van der Waals surface area contributed by atoms with Crippen LogP contribution >= 0.6 is 0 Å².